The number of para-hydroxylation sites is 1. The minimum absolute atomic E-state index is 0.00127. The second-order valence-corrected chi connectivity index (χ2v) is 9.91. The summed E-state index contributed by atoms with van der Waals surface area (Å²) in [7, 11) is -3.59. The zero-order chi connectivity index (χ0) is 20.2. The van der Waals surface area contributed by atoms with Gasteiger partial charge in [-0.1, -0.05) is 18.2 Å². The molecule has 1 aliphatic carbocycles. The van der Waals surface area contributed by atoms with E-state index >= 15 is 0 Å². The first-order valence-corrected chi connectivity index (χ1v) is 11.2. The smallest absolute Gasteiger partial charge is 0.322 e. The summed E-state index contributed by atoms with van der Waals surface area (Å²) < 4.78 is 35.1. The van der Waals surface area contributed by atoms with Crippen LogP contribution in [0.2, 0.25) is 0 Å². The number of nitrogens with one attached hydrogen (secondary N) is 3. The Hall–Kier alpha value is -2.43. The van der Waals surface area contributed by atoms with Crippen LogP contribution in [-0.4, -0.2) is 49.8 Å². The molecule has 29 heavy (non-hydrogen) atoms. The van der Waals surface area contributed by atoms with Gasteiger partial charge in [0.25, 0.3) is 16.1 Å². The normalized spacial score (nSPS) is 28.1. The lowest BCUT2D eigenvalue weighted by Gasteiger charge is -2.37. The molecule has 3 heterocycles. The Morgan fingerprint density at radius 1 is 1.24 bits per heavy atom. The van der Waals surface area contributed by atoms with Gasteiger partial charge in [-0.25, -0.2) is 9.52 Å². The van der Waals surface area contributed by atoms with Crippen LogP contribution in [0.4, 0.5) is 4.79 Å². The maximum absolute atomic E-state index is 12.6. The third-order valence-electron chi connectivity index (χ3n) is 6.22. The second kappa shape index (κ2) is 6.54. The van der Waals surface area contributed by atoms with Gasteiger partial charge >= 0.3 is 6.03 Å². The molecule has 2 unspecified atom stereocenters. The topological polar surface area (TPSA) is 121 Å². The number of imide groups is 1. The molecule has 1 aromatic heterocycles. The number of benzene rings is 1. The molecule has 2 atom stereocenters. The largest absolute Gasteiger partial charge is 0.461 e. The summed E-state index contributed by atoms with van der Waals surface area (Å²) >= 11 is 0. The van der Waals surface area contributed by atoms with E-state index in [1.807, 2.05) is 30.3 Å². The third-order valence-corrected chi connectivity index (χ3v) is 7.73. The first-order valence-electron chi connectivity index (χ1n) is 9.71. The number of carbonyl (C=O) groups excluding carboxylic acids is 2. The van der Waals surface area contributed by atoms with Gasteiger partial charge < -0.3 is 9.73 Å². The van der Waals surface area contributed by atoms with Crippen LogP contribution < -0.4 is 15.4 Å². The monoisotopic (exact) mass is 418 g/mol. The number of hydrogen-bond donors (Lipinski definition) is 3. The molecule has 3 N–H and O–H groups in total. The Labute approximate surface area is 168 Å². The minimum Gasteiger partial charge on any atom is -0.461 e. The highest BCUT2D eigenvalue weighted by molar-refractivity contribution is 7.87. The van der Waals surface area contributed by atoms with Crippen molar-refractivity contribution in [2.24, 2.45) is 5.92 Å². The van der Waals surface area contributed by atoms with Crippen LogP contribution in [0.25, 0.3) is 11.0 Å². The van der Waals surface area contributed by atoms with Crippen molar-refractivity contribution in [1.29, 1.82) is 0 Å². The van der Waals surface area contributed by atoms with Crippen molar-refractivity contribution in [1.82, 2.24) is 19.7 Å². The molecule has 1 spiro atoms. The molecule has 1 aromatic carbocycles. The van der Waals surface area contributed by atoms with E-state index in [0.717, 1.165) is 16.7 Å². The first kappa shape index (κ1) is 18.6. The van der Waals surface area contributed by atoms with Gasteiger partial charge in [0.05, 0.1) is 0 Å². The molecular weight excluding hydrogens is 396 g/mol. The highest BCUT2D eigenvalue weighted by Crippen LogP contribution is 2.37. The number of rotatable bonds is 5. The molecular formula is C19H22N4O5S. The van der Waals surface area contributed by atoms with Crippen molar-refractivity contribution in [3.8, 4) is 0 Å². The Morgan fingerprint density at radius 2 is 2.03 bits per heavy atom. The van der Waals surface area contributed by atoms with Gasteiger partial charge in [-0.3, -0.25) is 10.1 Å². The maximum atomic E-state index is 12.6. The molecule has 3 aliphatic rings. The van der Waals surface area contributed by atoms with Gasteiger partial charge in [0, 0.05) is 30.9 Å². The lowest BCUT2D eigenvalue weighted by Crippen LogP contribution is -2.53. The Morgan fingerprint density at radius 3 is 2.76 bits per heavy atom. The van der Waals surface area contributed by atoms with Crippen molar-refractivity contribution < 1.29 is 22.4 Å². The Kier molecular flexibility index (Phi) is 4.19. The van der Waals surface area contributed by atoms with Crippen LogP contribution in [0.5, 0.6) is 0 Å². The summed E-state index contributed by atoms with van der Waals surface area (Å²) in [5.74, 6) is 0.537. The van der Waals surface area contributed by atoms with E-state index < -0.39 is 21.8 Å². The Bertz CT molecular complexity index is 1060. The van der Waals surface area contributed by atoms with Crippen LogP contribution in [0.3, 0.4) is 0 Å². The Balaban J connectivity index is 1.16. The average molecular weight is 418 g/mol. The summed E-state index contributed by atoms with van der Waals surface area (Å²) in [5, 5.41) is 5.97. The van der Waals surface area contributed by atoms with E-state index in [-0.39, 0.29) is 24.3 Å². The van der Waals surface area contributed by atoms with Crippen molar-refractivity contribution in [2.45, 2.75) is 30.7 Å². The summed E-state index contributed by atoms with van der Waals surface area (Å²) in [5.41, 5.74) is -0.0730. The number of nitrogens with zero attached hydrogens (tertiary/aromatic N) is 1. The average Bonchev–Trinajstić information content (AvgIpc) is 3.29. The van der Waals surface area contributed by atoms with E-state index in [9.17, 15) is 18.0 Å². The first-order chi connectivity index (χ1) is 13.8. The van der Waals surface area contributed by atoms with Gasteiger partial charge in [-0.15, -0.1) is 0 Å². The summed E-state index contributed by atoms with van der Waals surface area (Å²) in [6.45, 7) is 1.00. The molecule has 10 heteroatoms. The quantitative estimate of drug-likeness (QED) is 0.627. The predicted molar refractivity (Wildman–Crippen MR) is 104 cm³/mol. The second-order valence-electron chi connectivity index (χ2n) is 8.15. The fourth-order valence-electron chi connectivity index (χ4n) is 4.50. The third kappa shape index (κ3) is 3.21. The number of urea groups is 1. The van der Waals surface area contributed by atoms with Crippen molar-refractivity contribution in [2.75, 3.05) is 19.6 Å². The maximum Gasteiger partial charge on any atom is 0.322 e. The van der Waals surface area contributed by atoms with E-state index in [2.05, 4.69) is 15.4 Å². The van der Waals surface area contributed by atoms with Crippen molar-refractivity contribution in [3.05, 3.63) is 36.1 Å². The van der Waals surface area contributed by atoms with Gasteiger partial charge in [-0.2, -0.15) is 12.7 Å². The molecule has 9 nitrogen and oxygen atoms in total. The lowest BCUT2D eigenvalue weighted by molar-refractivity contribution is -0.123. The van der Waals surface area contributed by atoms with E-state index in [0.29, 0.717) is 32.4 Å². The number of hydrogen-bond acceptors (Lipinski definition) is 5. The molecule has 5 rings (SSSR count). The molecule has 1 saturated carbocycles. The number of amides is 3. The summed E-state index contributed by atoms with van der Waals surface area (Å²) in [4.78, 5) is 23.4. The SMILES string of the molecule is O=C1NC(=O)C2(CCC(CNS(=O)(=O)N3CC(c4cc5ccccc5o4)C3)C2)N1. The van der Waals surface area contributed by atoms with Gasteiger partial charge in [0.1, 0.15) is 16.9 Å². The highest BCUT2D eigenvalue weighted by Gasteiger charge is 2.51. The van der Waals surface area contributed by atoms with Gasteiger partial charge in [-0.05, 0) is 37.3 Å². The lowest BCUT2D eigenvalue weighted by atomic mass is 9.96. The molecule has 3 amide bonds. The zero-order valence-electron chi connectivity index (χ0n) is 15.7. The number of fused-ring (bicyclic) bond motifs is 1. The summed E-state index contributed by atoms with van der Waals surface area (Å²) in [6.07, 6.45) is 1.64. The standard InChI is InChI=1S/C19H22N4O5S/c24-17-19(22-18(25)21-17)6-5-12(8-19)9-20-29(26,27)23-10-14(11-23)16-7-13-3-1-2-4-15(13)28-16/h1-4,7,12,14,20H,5-6,8-11H2,(H2,21,22,24,25). The van der Waals surface area contributed by atoms with Crippen LogP contribution >= 0.6 is 0 Å². The van der Waals surface area contributed by atoms with Crippen LogP contribution in [0.15, 0.2) is 34.7 Å². The molecule has 154 valence electrons. The van der Waals surface area contributed by atoms with E-state index in [1.54, 1.807) is 0 Å². The molecule has 2 aliphatic heterocycles. The van der Waals surface area contributed by atoms with Crippen molar-refractivity contribution >= 4 is 33.1 Å². The fourth-order valence-corrected chi connectivity index (χ4v) is 5.88. The van der Waals surface area contributed by atoms with Gasteiger partial charge in [0.15, 0.2) is 0 Å². The molecule has 0 bridgehead atoms. The zero-order valence-corrected chi connectivity index (χ0v) is 16.5. The molecule has 3 fully saturated rings. The predicted octanol–water partition coefficient (Wildman–Crippen LogP) is 1.04. The number of carbonyl (C=O) groups is 2. The number of furan rings is 1. The summed E-state index contributed by atoms with van der Waals surface area (Å²) in [6, 6.07) is 9.21. The molecule has 2 aromatic rings. The molecule has 0 radical (unpaired) electrons. The van der Waals surface area contributed by atoms with Crippen LogP contribution in [0.1, 0.15) is 30.9 Å². The minimum atomic E-state index is -3.59. The van der Waals surface area contributed by atoms with Crippen LogP contribution in [-0.2, 0) is 15.0 Å². The highest BCUT2D eigenvalue weighted by atomic mass is 32.2. The van der Waals surface area contributed by atoms with Gasteiger partial charge in [0.2, 0.25) is 0 Å². The van der Waals surface area contributed by atoms with E-state index in [1.165, 1.54) is 4.31 Å². The van der Waals surface area contributed by atoms with E-state index in [4.69, 9.17) is 4.42 Å². The van der Waals surface area contributed by atoms with Crippen molar-refractivity contribution in [3.63, 3.8) is 0 Å². The molecule has 2 saturated heterocycles. The van der Waals surface area contributed by atoms with Crippen LogP contribution in [0, 0.1) is 5.92 Å². The fraction of sp³-hybridized carbons (Fsp3) is 0.474.